The lowest BCUT2D eigenvalue weighted by Crippen LogP contribution is -2.30. The summed E-state index contributed by atoms with van der Waals surface area (Å²) in [5.74, 6) is 0.682. The van der Waals surface area contributed by atoms with Crippen molar-refractivity contribution < 1.29 is 4.92 Å². The number of fused-ring (bicyclic) bond motifs is 1. The fourth-order valence-corrected chi connectivity index (χ4v) is 1.97. The zero-order valence-electron chi connectivity index (χ0n) is 10.6. The molecule has 0 unspecified atom stereocenters. The fraction of sp³-hybridized carbons (Fsp3) is 0.333. The largest absolute Gasteiger partial charge is 0.355 e. The van der Waals surface area contributed by atoms with Gasteiger partial charge in [0.25, 0.3) is 5.69 Å². The van der Waals surface area contributed by atoms with Crippen LogP contribution >= 0.6 is 0 Å². The summed E-state index contributed by atoms with van der Waals surface area (Å²) < 4.78 is 0. The van der Waals surface area contributed by atoms with Gasteiger partial charge in [-0.25, -0.2) is 9.97 Å². The van der Waals surface area contributed by atoms with Gasteiger partial charge in [-0.15, -0.1) is 0 Å². The van der Waals surface area contributed by atoms with E-state index in [2.05, 4.69) is 9.97 Å². The molecule has 2 rings (SSSR count). The highest BCUT2D eigenvalue weighted by Gasteiger charge is 2.14. The minimum atomic E-state index is -0.421. The average Bonchev–Trinajstić information content (AvgIpc) is 2.43. The van der Waals surface area contributed by atoms with Gasteiger partial charge < -0.3 is 10.6 Å². The highest BCUT2D eigenvalue weighted by atomic mass is 16.6. The van der Waals surface area contributed by atoms with E-state index in [1.54, 1.807) is 6.07 Å². The number of hydrogen-bond donors (Lipinski definition) is 1. The van der Waals surface area contributed by atoms with Crippen LogP contribution in [-0.4, -0.2) is 34.5 Å². The van der Waals surface area contributed by atoms with Crippen LogP contribution in [0, 0.1) is 10.1 Å². The highest BCUT2D eigenvalue weighted by molar-refractivity contribution is 5.91. The summed E-state index contributed by atoms with van der Waals surface area (Å²) in [4.78, 5) is 20.8. The van der Waals surface area contributed by atoms with E-state index < -0.39 is 4.92 Å². The van der Waals surface area contributed by atoms with Crippen LogP contribution in [0.2, 0.25) is 0 Å². The van der Waals surface area contributed by atoms with Crippen LogP contribution in [-0.2, 0) is 0 Å². The van der Waals surface area contributed by atoms with Gasteiger partial charge in [-0.1, -0.05) is 0 Å². The summed E-state index contributed by atoms with van der Waals surface area (Å²) in [6.07, 6.45) is 1.46. The van der Waals surface area contributed by atoms with Crippen LogP contribution in [0.15, 0.2) is 24.5 Å². The molecule has 7 heteroatoms. The van der Waals surface area contributed by atoms with E-state index in [-0.39, 0.29) is 5.69 Å². The normalized spacial score (nSPS) is 10.6. The predicted octanol–water partition coefficient (Wildman–Crippen LogP) is 1.32. The molecule has 0 atom stereocenters. The molecular weight excluding hydrogens is 246 g/mol. The van der Waals surface area contributed by atoms with Gasteiger partial charge in [0, 0.05) is 37.2 Å². The Bertz CT molecular complexity index is 602. The summed E-state index contributed by atoms with van der Waals surface area (Å²) in [7, 11) is 0. The van der Waals surface area contributed by atoms with Crippen molar-refractivity contribution in [1.82, 2.24) is 9.97 Å². The third kappa shape index (κ3) is 2.60. The van der Waals surface area contributed by atoms with Crippen LogP contribution in [0.3, 0.4) is 0 Å². The maximum atomic E-state index is 10.9. The van der Waals surface area contributed by atoms with Gasteiger partial charge in [0.1, 0.15) is 12.1 Å². The third-order valence-corrected chi connectivity index (χ3v) is 2.89. The number of hydrogen-bond acceptors (Lipinski definition) is 6. The van der Waals surface area contributed by atoms with E-state index in [0.717, 1.165) is 6.54 Å². The molecule has 0 radical (unpaired) electrons. The third-order valence-electron chi connectivity index (χ3n) is 2.89. The second-order valence-electron chi connectivity index (χ2n) is 4.02. The quantitative estimate of drug-likeness (QED) is 0.644. The molecule has 1 heterocycles. The van der Waals surface area contributed by atoms with Crippen LogP contribution in [0.4, 0.5) is 11.5 Å². The SMILES string of the molecule is CCN(CCN)c1ncnc2ccc([N+](=O)[O-])cc12. The molecule has 0 aliphatic rings. The Kier molecular flexibility index (Phi) is 3.86. The molecule has 0 aliphatic heterocycles. The molecule has 0 bridgehead atoms. The van der Waals surface area contributed by atoms with Gasteiger partial charge in [-0.05, 0) is 13.0 Å². The number of aromatic nitrogens is 2. The lowest BCUT2D eigenvalue weighted by atomic mass is 10.2. The van der Waals surface area contributed by atoms with Gasteiger partial charge >= 0.3 is 0 Å². The highest BCUT2D eigenvalue weighted by Crippen LogP contribution is 2.26. The van der Waals surface area contributed by atoms with E-state index in [0.29, 0.717) is 29.8 Å². The van der Waals surface area contributed by atoms with Crippen molar-refractivity contribution in [2.24, 2.45) is 5.73 Å². The first kappa shape index (κ1) is 13.2. The summed E-state index contributed by atoms with van der Waals surface area (Å²) in [5, 5.41) is 11.5. The first-order chi connectivity index (χ1) is 9.17. The van der Waals surface area contributed by atoms with Crippen molar-refractivity contribution in [1.29, 1.82) is 0 Å². The van der Waals surface area contributed by atoms with Crippen LogP contribution < -0.4 is 10.6 Å². The van der Waals surface area contributed by atoms with Crippen molar-refractivity contribution >= 4 is 22.4 Å². The molecule has 1 aromatic heterocycles. The lowest BCUT2D eigenvalue weighted by molar-refractivity contribution is -0.384. The van der Waals surface area contributed by atoms with E-state index in [4.69, 9.17) is 5.73 Å². The molecule has 19 heavy (non-hydrogen) atoms. The van der Waals surface area contributed by atoms with Crippen molar-refractivity contribution in [3.05, 3.63) is 34.6 Å². The van der Waals surface area contributed by atoms with Crippen LogP contribution in [0.5, 0.6) is 0 Å². The first-order valence-corrected chi connectivity index (χ1v) is 6.01. The Labute approximate surface area is 110 Å². The number of nitro benzene ring substituents is 1. The van der Waals surface area contributed by atoms with Crippen molar-refractivity contribution in [2.75, 3.05) is 24.5 Å². The van der Waals surface area contributed by atoms with Crippen molar-refractivity contribution in [2.45, 2.75) is 6.92 Å². The molecule has 0 amide bonds. The van der Waals surface area contributed by atoms with E-state index in [1.165, 1.54) is 18.5 Å². The molecule has 0 saturated carbocycles. The molecule has 100 valence electrons. The molecule has 2 aromatic rings. The van der Waals surface area contributed by atoms with Gasteiger partial charge in [0.2, 0.25) is 0 Å². The first-order valence-electron chi connectivity index (χ1n) is 6.01. The minimum Gasteiger partial charge on any atom is -0.355 e. The fourth-order valence-electron chi connectivity index (χ4n) is 1.97. The molecule has 0 saturated heterocycles. The van der Waals surface area contributed by atoms with Crippen LogP contribution in [0.1, 0.15) is 6.92 Å². The number of nitrogens with two attached hydrogens (primary N) is 1. The monoisotopic (exact) mass is 261 g/mol. The summed E-state index contributed by atoms with van der Waals surface area (Å²) in [6, 6.07) is 4.58. The van der Waals surface area contributed by atoms with Gasteiger partial charge in [0.15, 0.2) is 0 Å². The smallest absolute Gasteiger partial charge is 0.270 e. The number of likely N-dealkylation sites (N-methyl/N-ethyl adjacent to an activating group) is 1. The predicted molar refractivity (Wildman–Crippen MR) is 73.1 cm³/mol. The minimum absolute atomic E-state index is 0.0346. The molecule has 0 aliphatic carbocycles. The number of anilines is 1. The lowest BCUT2D eigenvalue weighted by Gasteiger charge is -2.22. The second kappa shape index (κ2) is 5.57. The average molecular weight is 261 g/mol. The van der Waals surface area contributed by atoms with E-state index in [1.807, 2.05) is 11.8 Å². The Morgan fingerprint density at radius 1 is 1.42 bits per heavy atom. The van der Waals surface area contributed by atoms with Crippen molar-refractivity contribution in [3.8, 4) is 0 Å². The Morgan fingerprint density at radius 2 is 2.21 bits per heavy atom. The van der Waals surface area contributed by atoms with Crippen LogP contribution in [0.25, 0.3) is 10.9 Å². The number of non-ortho nitro benzene ring substituents is 1. The van der Waals surface area contributed by atoms with E-state index in [9.17, 15) is 10.1 Å². The van der Waals surface area contributed by atoms with Gasteiger partial charge in [0.05, 0.1) is 10.4 Å². The summed E-state index contributed by atoms with van der Waals surface area (Å²) in [5.41, 5.74) is 6.29. The standard InChI is InChI=1S/C12H15N5O2/c1-2-16(6-5-13)12-10-7-9(17(18)19)3-4-11(10)14-8-15-12/h3-4,7-8H,2,5-6,13H2,1H3. The Balaban J connectivity index is 2.59. The number of nitrogens with zero attached hydrogens (tertiary/aromatic N) is 4. The number of nitro groups is 1. The molecular formula is C12H15N5O2. The Hall–Kier alpha value is -2.28. The zero-order valence-corrected chi connectivity index (χ0v) is 10.6. The maximum absolute atomic E-state index is 10.9. The second-order valence-corrected chi connectivity index (χ2v) is 4.02. The summed E-state index contributed by atoms with van der Waals surface area (Å²) >= 11 is 0. The van der Waals surface area contributed by atoms with Crippen molar-refractivity contribution in [3.63, 3.8) is 0 Å². The summed E-state index contributed by atoms with van der Waals surface area (Å²) in [6.45, 7) is 3.85. The topological polar surface area (TPSA) is 98.2 Å². The molecule has 0 fully saturated rings. The molecule has 0 spiro atoms. The molecule has 1 aromatic carbocycles. The molecule has 7 nitrogen and oxygen atoms in total. The van der Waals surface area contributed by atoms with E-state index >= 15 is 0 Å². The molecule has 2 N–H and O–H groups in total. The number of rotatable bonds is 5. The maximum Gasteiger partial charge on any atom is 0.270 e. The van der Waals surface area contributed by atoms with Gasteiger partial charge in [-0.2, -0.15) is 0 Å². The van der Waals surface area contributed by atoms with Gasteiger partial charge in [-0.3, -0.25) is 10.1 Å². The number of benzene rings is 1. The Morgan fingerprint density at radius 3 is 2.84 bits per heavy atom. The zero-order chi connectivity index (χ0) is 13.8.